The monoisotopic (exact) mass is 298 g/mol. The van der Waals surface area contributed by atoms with Crippen LogP contribution in [0.2, 0.25) is 0 Å². The van der Waals surface area contributed by atoms with Crippen LogP contribution >= 0.6 is 0 Å². The number of ether oxygens (including phenoxy) is 1. The highest BCUT2D eigenvalue weighted by molar-refractivity contribution is 6.15. The molecule has 0 aliphatic carbocycles. The van der Waals surface area contributed by atoms with Crippen LogP contribution in [0.4, 0.5) is 10.1 Å². The van der Waals surface area contributed by atoms with Crippen molar-refractivity contribution in [1.29, 1.82) is 0 Å². The van der Waals surface area contributed by atoms with Gasteiger partial charge in [-0.05, 0) is 36.4 Å². The normalized spacial score (nSPS) is 15.7. The number of nitrogens with two attached hydrogens (primary N) is 1. The molecule has 2 N–H and O–H groups in total. The molecule has 0 spiro atoms. The molecule has 0 saturated heterocycles. The van der Waals surface area contributed by atoms with Gasteiger partial charge in [0.05, 0.1) is 5.71 Å². The summed E-state index contributed by atoms with van der Waals surface area (Å²) >= 11 is 0. The van der Waals surface area contributed by atoms with Gasteiger partial charge in [-0.3, -0.25) is 0 Å². The molecule has 2 aromatic rings. The minimum atomic E-state index is -0.593. The Labute approximate surface area is 129 Å². The van der Waals surface area contributed by atoms with Crippen LogP contribution in [-0.2, 0) is 0 Å². The predicted octanol–water partition coefficient (Wildman–Crippen LogP) is 4.15. The Kier molecular flexibility index (Phi) is 3.61. The molecule has 1 heterocycles. The van der Waals surface area contributed by atoms with E-state index in [1.807, 2.05) is 32.0 Å². The number of hydrogen-bond donors (Lipinski definition) is 1. The van der Waals surface area contributed by atoms with Crippen molar-refractivity contribution in [3.05, 3.63) is 59.4 Å². The Bertz CT molecular complexity index is 718. The van der Waals surface area contributed by atoms with E-state index >= 15 is 0 Å². The van der Waals surface area contributed by atoms with Crippen LogP contribution in [0.5, 0.6) is 5.75 Å². The molecule has 0 aromatic heterocycles. The van der Waals surface area contributed by atoms with Gasteiger partial charge in [0.2, 0.25) is 0 Å². The molecular formula is C18H19FN2O. The van der Waals surface area contributed by atoms with Gasteiger partial charge in [0, 0.05) is 35.7 Å². The van der Waals surface area contributed by atoms with E-state index in [9.17, 15) is 4.39 Å². The molecule has 1 aliphatic rings. The zero-order valence-electron chi connectivity index (χ0n) is 12.8. The zero-order valence-corrected chi connectivity index (χ0v) is 12.8. The minimum absolute atomic E-state index is 0.258. The van der Waals surface area contributed by atoms with E-state index in [0.29, 0.717) is 5.69 Å². The lowest BCUT2D eigenvalue weighted by molar-refractivity contribution is 0.0660. The topological polar surface area (TPSA) is 47.6 Å². The lowest BCUT2D eigenvalue weighted by Gasteiger charge is -2.35. The molecule has 114 valence electrons. The summed E-state index contributed by atoms with van der Waals surface area (Å²) in [4.78, 5) is 4.85. The van der Waals surface area contributed by atoms with Gasteiger partial charge in [-0.2, -0.15) is 0 Å². The van der Waals surface area contributed by atoms with Crippen LogP contribution in [-0.4, -0.2) is 11.4 Å². The maximum atomic E-state index is 13.2. The summed E-state index contributed by atoms with van der Waals surface area (Å²) in [6.07, 6.45) is 1.50. The third-order valence-electron chi connectivity index (χ3n) is 4.10. The average Bonchev–Trinajstić information content (AvgIpc) is 2.54. The summed E-state index contributed by atoms with van der Waals surface area (Å²) in [5.41, 5.74) is 8.54. The highest BCUT2D eigenvalue weighted by atomic mass is 19.1. The van der Waals surface area contributed by atoms with Crippen LogP contribution in [0, 0.1) is 5.82 Å². The summed E-state index contributed by atoms with van der Waals surface area (Å²) in [5, 5.41) is 0. The highest BCUT2D eigenvalue weighted by Crippen LogP contribution is 2.37. The largest absolute Gasteiger partial charge is 0.465 e. The fourth-order valence-corrected chi connectivity index (χ4v) is 2.69. The van der Waals surface area contributed by atoms with Crippen LogP contribution in [0.15, 0.2) is 47.5 Å². The maximum Gasteiger partial charge on any atom is 0.200 e. The summed E-state index contributed by atoms with van der Waals surface area (Å²) in [5.74, 6) is 0.476. The zero-order chi connectivity index (χ0) is 15.7. The standard InChI is InChI=1S/C18H19FN2O/c1-3-18(4-2)21-17(12-5-7-13(19)8-6-12)15-10-9-14(20)11-16(15)22-18/h5-11H,3-4,20H2,1-2H3. The minimum Gasteiger partial charge on any atom is -0.465 e. The fraction of sp³-hybridized carbons (Fsp3) is 0.278. The summed E-state index contributed by atoms with van der Waals surface area (Å²) in [7, 11) is 0. The molecule has 4 heteroatoms. The lowest BCUT2D eigenvalue weighted by Crippen LogP contribution is -2.37. The first kappa shape index (κ1) is 14.6. The van der Waals surface area contributed by atoms with E-state index in [4.69, 9.17) is 15.5 Å². The smallest absolute Gasteiger partial charge is 0.200 e. The van der Waals surface area contributed by atoms with Gasteiger partial charge in [0.1, 0.15) is 11.6 Å². The number of fused-ring (bicyclic) bond motifs is 1. The van der Waals surface area contributed by atoms with Gasteiger partial charge in [-0.25, -0.2) is 9.38 Å². The van der Waals surface area contributed by atoms with E-state index in [-0.39, 0.29) is 5.82 Å². The quantitative estimate of drug-likeness (QED) is 0.865. The van der Waals surface area contributed by atoms with Gasteiger partial charge in [-0.15, -0.1) is 0 Å². The molecule has 1 aliphatic heterocycles. The molecular weight excluding hydrogens is 279 g/mol. The predicted molar refractivity (Wildman–Crippen MR) is 86.8 cm³/mol. The van der Waals surface area contributed by atoms with Gasteiger partial charge in [-0.1, -0.05) is 13.8 Å². The second kappa shape index (κ2) is 5.44. The summed E-state index contributed by atoms with van der Waals surface area (Å²) in [6.45, 7) is 4.10. The molecule has 0 unspecified atom stereocenters. The SMILES string of the molecule is CCC1(CC)N=C(c2ccc(F)cc2)c2ccc(N)cc2O1. The van der Waals surface area contributed by atoms with Gasteiger partial charge in [0.15, 0.2) is 5.72 Å². The fourth-order valence-electron chi connectivity index (χ4n) is 2.69. The van der Waals surface area contributed by atoms with Crippen molar-refractivity contribution in [3.63, 3.8) is 0 Å². The van der Waals surface area contributed by atoms with E-state index in [1.165, 1.54) is 12.1 Å². The molecule has 0 amide bonds. The third-order valence-corrected chi connectivity index (χ3v) is 4.10. The van der Waals surface area contributed by atoms with E-state index in [1.54, 1.807) is 12.1 Å². The molecule has 0 fully saturated rings. The van der Waals surface area contributed by atoms with Crippen LogP contribution < -0.4 is 10.5 Å². The van der Waals surface area contributed by atoms with Crippen molar-refractivity contribution in [1.82, 2.24) is 0 Å². The van der Waals surface area contributed by atoms with E-state index in [0.717, 1.165) is 35.4 Å². The molecule has 3 nitrogen and oxygen atoms in total. The molecule has 0 bridgehead atoms. The van der Waals surface area contributed by atoms with Crippen LogP contribution in [0.3, 0.4) is 0 Å². The first-order valence-corrected chi connectivity index (χ1v) is 7.51. The molecule has 3 rings (SSSR count). The number of rotatable bonds is 3. The number of benzene rings is 2. The Hall–Kier alpha value is -2.36. The van der Waals surface area contributed by atoms with Crippen molar-refractivity contribution in [2.24, 2.45) is 4.99 Å². The van der Waals surface area contributed by atoms with Crippen molar-refractivity contribution in [2.45, 2.75) is 32.4 Å². The number of aliphatic imine (C=N–C) groups is 1. The maximum absolute atomic E-state index is 13.2. The summed E-state index contributed by atoms with van der Waals surface area (Å²) < 4.78 is 19.3. The van der Waals surface area contributed by atoms with Gasteiger partial charge in [0.25, 0.3) is 0 Å². The first-order chi connectivity index (χ1) is 10.6. The number of anilines is 1. The second-order valence-electron chi connectivity index (χ2n) is 5.48. The van der Waals surface area contributed by atoms with Crippen LogP contribution in [0.1, 0.15) is 37.8 Å². The van der Waals surface area contributed by atoms with Crippen molar-refractivity contribution >= 4 is 11.4 Å². The first-order valence-electron chi connectivity index (χ1n) is 7.51. The molecule has 22 heavy (non-hydrogen) atoms. The number of nitrogen functional groups attached to an aromatic ring is 1. The van der Waals surface area contributed by atoms with Gasteiger partial charge < -0.3 is 10.5 Å². The van der Waals surface area contributed by atoms with Crippen molar-refractivity contribution in [2.75, 3.05) is 5.73 Å². The Morgan fingerprint density at radius 3 is 2.41 bits per heavy atom. The number of hydrogen-bond acceptors (Lipinski definition) is 3. The number of halogens is 1. The summed E-state index contributed by atoms with van der Waals surface area (Å²) in [6, 6.07) is 11.9. The Balaban J connectivity index is 2.19. The van der Waals surface area contributed by atoms with E-state index in [2.05, 4.69) is 0 Å². The highest BCUT2D eigenvalue weighted by Gasteiger charge is 2.34. The van der Waals surface area contributed by atoms with Crippen molar-refractivity contribution < 1.29 is 9.13 Å². The molecule has 0 atom stereocenters. The Morgan fingerprint density at radius 1 is 1.09 bits per heavy atom. The van der Waals surface area contributed by atoms with Crippen molar-refractivity contribution in [3.8, 4) is 5.75 Å². The molecule has 0 radical (unpaired) electrons. The number of nitrogens with zero attached hydrogens (tertiary/aromatic N) is 1. The van der Waals surface area contributed by atoms with Gasteiger partial charge >= 0.3 is 0 Å². The third kappa shape index (κ3) is 2.45. The second-order valence-corrected chi connectivity index (χ2v) is 5.48. The molecule has 0 saturated carbocycles. The average molecular weight is 298 g/mol. The van der Waals surface area contributed by atoms with Crippen LogP contribution in [0.25, 0.3) is 0 Å². The molecule has 2 aromatic carbocycles. The lowest BCUT2D eigenvalue weighted by atomic mass is 9.96. The van der Waals surface area contributed by atoms with E-state index < -0.39 is 5.72 Å². The Morgan fingerprint density at radius 2 is 1.77 bits per heavy atom.